The fourth-order valence-corrected chi connectivity index (χ4v) is 3.62. The Hall–Kier alpha value is -3.02. The normalized spacial score (nSPS) is 17.1. The SMILES string of the molecule is CN1C(=O)COc2ccc(C(=O)N3CCC(COc4ccccc4)CC3)cc21. The van der Waals surface area contributed by atoms with E-state index in [2.05, 4.69) is 0 Å². The second kappa shape index (κ2) is 7.92. The quantitative estimate of drug-likeness (QED) is 0.818. The number of ether oxygens (including phenoxy) is 2. The monoisotopic (exact) mass is 380 g/mol. The molecule has 0 unspecified atom stereocenters. The molecule has 0 bridgehead atoms. The van der Waals surface area contributed by atoms with Gasteiger partial charge in [0.15, 0.2) is 6.61 Å². The Morgan fingerprint density at radius 1 is 1.14 bits per heavy atom. The van der Waals surface area contributed by atoms with Gasteiger partial charge >= 0.3 is 0 Å². The lowest BCUT2D eigenvalue weighted by Crippen LogP contribution is -2.40. The molecule has 0 aliphatic carbocycles. The first kappa shape index (κ1) is 18.3. The van der Waals surface area contributed by atoms with Crippen LogP contribution in [0.25, 0.3) is 0 Å². The molecular formula is C22H24N2O4. The highest BCUT2D eigenvalue weighted by Gasteiger charge is 2.27. The number of piperidine rings is 1. The molecule has 0 atom stereocenters. The lowest BCUT2D eigenvalue weighted by molar-refractivity contribution is -0.120. The fraction of sp³-hybridized carbons (Fsp3) is 0.364. The van der Waals surface area contributed by atoms with Crippen LogP contribution in [0, 0.1) is 5.92 Å². The molecule has 1 fully saturated rings. The highest BCUT2D eigenvalue weighted by molar-refractivity contribution is 6.01. The number of benzene rings is 2. The van der Waals surface area contributed by atoms with Crippen molar-refractivity contribution < 1.29 is 19.1 Å². The van der Waals surface area contributed by atoms with Gasteiger partial charge in [-0.05, 0) is 49.1 Å². The van der Waals surface area contributed by atoms with Gasteiger partial charge in [-0.15, -0.1) is 0 Å². The van der Waals surface area contributed by atoms with Crippen molar-refractivity contribution in [3.8, 4) is 11.5 Å². The molecule has 2 heterocycles. The molecule has 146 valence electrons. The third kappa shape index (κ3) is 3.81. The molecule has 2 amide bonds. The van der Waals surface area contributed by atoms with E-state index in [0.717, 1.165) is 18.6 Å². The number of rotatable bonds is 4. The molecule has 2 aromatic carbocycles. The Morgan fingerprint density at radius 2 is 1.89 bits per heavy atom. The van der Waals surface area contributed by atoms with Crippen LogP contribution in [0.15, 0.2) is 48.5 Å². The predicted molar refractivity (Wildman–Crippen MR) is 106 cm³/mol. The number of para-hydroxylation sites is 1. The van der Waals surface area contributed by atoms with Crippen LogP contribution in [0.1, 0.15) is 23.2 Å². The number of hydrogen-bond acceptors (Lipinski definition) is 4. The molecule has 28 heavy (non-hydrogen) atoms. The lowest BCUT2D eigenvalue weighted by Gasteiger charge is -2.32. The number of carbonyl (C=O) groups is 2. The van der Waals surface area contributed by atoms with Gasteiger partial charge in [0.1, 0.15) is 11.5 Å². The molecule has 2 aliphatic heterocycles. The molecule has 2 aliphatic rings. The summed E-state index contributed by atoms with van der Waals surface area (Å²) in [6, 6.07) is 15.1. The molecular weight excluding hydrogens is 356 g/mol. The first-order valence-corrected chi connectivity index (χ1v) is 9.62. The van der Waals surface area contributed by atoms with Crippen molar-refractivity contribution in [2.75, 3.05) is 38.3 Å². The average molecular weight is 380 g/mol. The van der Waals surface area contributed by atoms with E-state index in [0.29, 0.717) is 42.6 Å². The van der Waals surface area contributed by atoms with Crippen LogP contribution in [-0.2, 0) is 4.79 Å². The van der Waals surface area contributed by atoms with Gasteiger partial charge < -0.3 is 19.3 Å². The Labute approximate surface area is 164 Å². The van der Waals surface area contributed by atoms with Crippen LogP contribution < -0.4 is 14.4 Å². The van der Waals surface area contributed by atoms with E-state index in [9.17, 15) is 9.59 Å². The predicted octanol–water partition coefficient (Wildman–Crippen LogP) is 2.97. The molecule has 0 spiro atoms. The van der Waals surface area contributed by atoms with Gasteiger partial charge in [0, 0.05) is 25.7 Å². The van der Waals surface area contributed by atoms with Crippen molar-refractivity contribution in [1.29, 1.82) is 0 Å². The van der Waals surface area contributed by atoms with E-state index in [4.69, 9.17) is 9.47 Å². The van der Waals surface area contributed by atoms with E-state index < -0.39 is 0 Å². The van der Waals surface area contributed by atoms with E-state index in [1.165, 1.54) is 0 Å². The summed E-state index contributed by atoms with van der Waals surface area (Å²) in [6.45, 7) is 2.14. The van der Waals surface area contributed by atoms with Gasteiger partial charge in [-0.3, -0.25) is 9.59 Å². The molecule has 4 rings (SSSR count). The second-order valence-corrected chi connectivity index (χ2v) is 7.28. The number of nitrogens with zero attached hydrogens (tertiary/aromatic N) is 2. The molecule has 2 aromatic rings. The third-order valence-electron chi connectivity index (χ3n) is 5.42. The highest BCUT2D eigenvalue weighted by atomic mass is 16.5. The van der Waals surface area contributed by atoms with Crippen molar-refractivity contribution in [2.45, 2.75) is 12.8 Å². The summed E-state index contributed by atoms with van der Waals surface area (Å²) in [6.07, 6.45) is 1.84. The molecule has 0 N–H and O–H groups in total. The number of likely N-dealkylation sites (N-methyl/N-ethyl adjacent to an activating group) is 1. The lowest BCUT2D eigenvalue weighted by atomic mass is 9.97. The first-order chi connectivity index (χ1) is 13.6. The number of carbonyl (C=O) groups excluding carboxylic acids is 2. The molecule has 6 heteroatoms. The van der Waals surface area contributed by atoms with Crippen LogP contribution in [0.2, 0.25) is 0 Å². The summed E-state index contributed by atoms with van der Waals surface area (Å²) >= 11 is 0. The van der Waals surface area contributed by atoms with Crippen LogP contribution in [0.3, 0.4) is 0 Å². The number of amides is 2. The average Bonchev–Trinajstić information content (AvgIpc) is 2.75. The van der Waals surface area contributed by atoms with Gasteiger partial charge in [0.2, 0.25) is 0 Å². The number of hydrogen-bond donors (Lipinski definition) is 0. The maximum Gasteiger partial charge on any atom is 0.264 e. The molecule has 0 aromatic heterocycles. The van der Waals surface area contributed by atoms with E-state index in [1.807, 2.05) is 35.2 Å². The summed E-state index contributed by atoms with van der Waals surface area (Å²) in [7, 11) is 1.70. The maximum atomic E-state index is 12.9. The smallest absolute Gasteiger partial charge is 0.264 e. The van der Waals surface area contributed by atoms with Crippen molar-refractivity contribution in [1.82, 2.24) is 4.90 Å². The summed E-state index contributed by atoms with van der Waals surface area (Å²) in [5.41, 5.74) is 1.23. The summed E-state index contributed by atoms with van der Waals surface area (Å²) < 4.78 is 11.3. The number of likely N-dealkylation sites (tertiary alicyclic amines) is 1. The minimum absolute atomic E-state index is 0.00310. The van der Waals surface area contributed by atoms with Gasteiger partial charge in [0.25, 0.3) is 11.8 Å². The topological polar surface area (TPSA) is 59.1 Å². The van der Waals surface area contributed by atoms with Crippen LogP contribution in [0.4, 0.5) is 5.69 Å². The summed E-state index contributed by atoms with van der Waals surface area (Å²) in [5, 5.41) is 0. The Morgan fingerprint density at radius 3 is 2.64 bits per heavy atom. The zero-order chi connectivity index (χ0) is 19.5. The van der Waals surface area contributed by atoms with Crippen molar-refractivity contribution in [3.05, 3.63) is 54.1 Å². The molecule has 0 radical (unpaired) electrons. The standard InChI is InChI=1S/C22H24N2O4/c1-23-19-13-17(7-8-20(19)28-15-21(23)25)22(26)24-11-9-16(10-12-24)14-27-18-5-3-2-4-6-18/h2-8,13,16H,9-12,14-15H2,1H3. The van der Waals surface area contributed by atoms with Crippen LogP contribution in [-0.4, -0.2) is 50.1 Å². The number of anilines is 1. The zero-order valence-electron chi connectivity index (χ0n) is 16.0. The van der Waals surface area contributed by atoms with Gasteiger partial charge in [-0.25, -0.2) is 0 Å². The molecule has 1 saturated heterocycles. The van der Waals surface area contributed by atoms with Crippen molar-refractivity contribution in [2.24, 2.45) is 5.92 Å². The van der Waals surface area contributed by atoms with Gasteiger partial charge in [-0.2, -0.15) is 0 Å². The maximum absolute atomic E-state index is 12.9. The van der Waals surface area contributed by atoms with Crippen molar-refractivity contribution >= 4 is 17.5 Å². The van der Waals surface area contributed by atoms with E-state index in [1.54, 1.807) is 30.1 Å². The van der Waals surface area contributed by atoms with E-state index >= 15 is 0 Å². The Balaban J connectivity index is 1.35. The summed E-state index contributed by atoms with van der Waals surface area (Å²) in [4.78, 5) is 28.2. The largest absolute Gasteiger partial charge is 0.493 e. The third-order valence-corrected chi connectivity index (χ3v) is 5.42. The van der Waals surface area contributed by atoms with Gasteiger partial charge in [-0.1, -0.05) is 18.2 Å². The number of fused-ring (bicyclic) bond motifs is 1. The minimum atomic E-state index is -0.115. The van der Waals surface area contributed by atoms with Gasteiger partial charge in [0.05, 0.1) is 12.3 Å². The zero-order valence-corrected chi connectivity index (χ0v) is 16.0. The highest BCUT2D eigenvalue weighted by Crippen LogP contribution is 2.32. The fourth-order valence-electron chi connectivity index (χ4n) is 3.62. The van der Waals surface area contributed by atoms with Crippen LogP contribution in [0.5, 0.6) is 11.5 Å². The van der Waals surface area contributed by atoms with Crippen molar-refractivity contribution in [3.63, 3.8) is 0 Å². The molecule has 6 nitrogen and oxygen atoms in total. The van der Waals surface area contributed by atoms with E-state index in [-0.39, 0.29) is 18.4 Å². The minimum Gasteiger partial charge on any atom is -0.493 e. The molecule has 0 saturated carbocycles. The summed E-state index contributed by atoms with van der Waals surface area (Å²) in [5.74, 6) is 1.85. The second-order valence-electron chi connectivity index (χ2n) is 7.28. The Kier molecular flexibility index (Phi) is 5.19. The first-order valence-electron chi connectivity index (χ1n) is 9.62. The van der Waals surface area contributed by atoms with Crippen LogP contribution >= 0.6 is 0 Å². The Bertz CT molecular complexity index is 860.